The molecule has 3 N–H and O–H groups in total. The SMILES string of the molecule is CCOC(=O)CCCOc1c(O)ccc2c1CC(N)C2. The molecule has 1 aliphatic rings. The summed E-state index contributed by atoms with van der Waals surface area (Å²) in [6.45, 7) is 2.55. The number of carbonyl (C=O) groups excluding carboxylic acids is 1. The Balaban J connectivity index is 1.91. The van der Waals surface area contributed by atoms with E-state index < -0.39 is 0 Å². The molecule has 5 nitrogen and oxygen atoms in total. The third kappa shape index (κ3) is 3.42. The van der Waals surface area contributed by atoms with Gasteiger partial charge in [0.15, 0.2) is 11.5 Å². The quantitative estimate of drug-likeness (QED) is 0.610. The van der Waals surface area contributed by atoms with Crippen LogP contribution < -0.4 is 10.5 Å². The summed E-state index contributed by atoms with van der Waals surface area (Å²) in [6, 6.07) is 3.62. The summed E-state index contributed by atoms with van der Waals surface area (Å²) in [5, 5.41) is 9.90. The molecule has 20 heavy (non-hydrogen) atoms. The minimum absolute atomic E-state index is 0.0914. The predicted octanol–water partition coefficient (Wildman–Crippen LogP) is 1.54. The van der Waals surface area contributed by atoms with Gasteiger partial charge in [0.2, 0.25) is 0 Å². The van der Waals surface area contributed by atoms with E-state index in [4.69, 9.17) is 15.2 Å². The fourth-order valence-corrected chi connectivity index (χ4v) is 2.47. The van der Waals surface area contributed by atoms with Crippen LogP contribution in [0.3, 0.4) is 0 Å². The molecular weight excluding hydrogens is 258 g/mol. The van der Waals surface area contributed by atoms with Gasteiger partial charge in [0, 0.05) is 18.0 Å². The smallest absolute Gasteiger partial charge is 0.305 e. The summed E-state index contributed by atoms with van der Waals surface area (Å²) >= 11 is 0. The average molecular weight is 279 g/mol. The monoisotopic (exact) mass is 279 g/mol. The van der Waals surface area contributed by atoms with Gasteiger partial charge in [-0.2, -0.15) is 0 Å². The summed E-state index contributed by atoms with van der Waals surface area (Å²) in [5.74, 6) is 0.425. The van der Waals surface area contributed by atoms with E-state index in [1.165, 1.54) is 0 Å². The number of aromatic hydroxyl groups is 1. The van der Waals surface area contributed by atoms with Crippen molar-refractivity contribution >= 4 is 5.97 Å². The van der Waals surface area contributed by atoms with Crippen LogP contribution in [0.2, 0.25) is 0 Å². The number of benzene rings is 1. The number of hydrogen-bond donors (Lipinski definition) is 2. The Morgan fingerprint density at radius 2 is 2.25 bits per heavy atom. The van der Waals surface area contributed by atoms with Crippen LogP contribution >= 0.6 is 0 Å². The number of carbonyl (C=O) groups is 1. The molecule has 0 saturated heterocycles. The number of ether oxygens (including phenoxy) is 2. The van der Waals surface area contributed by atoms with Crippen LogP contribution in [0.15, 0.2) is 12.1 Å². The molecule has 5 heteroatoms. The van der Waals surface area contributed by atoms with Crippen LogP contribution in [-0.2, 0) is 22.4 Å². The van der Waals surface area contributed by atoms with E-state index in [-0.39, 0.29) is 17.8 Å². The van der Waals surface area contributed by atoms with Crippen molar-refractivity contribution in [3.63, 3.8) is 0 Å². The summed E-state index contributed by atoms with van der Waals surface area (Å²) in [4.78, 5) is 11.2. The lowest BCUT2D eigenvalue weighted by Crippen LogP contribution is -2.19. The van der Waals surface area contributed by atoms with Gasteiger partial charge >= 0.3 is 5.97 Å². The molecule has 0 aromatic heterocycles. The lowest BCUT2D eigenvalue weighted by atomic mass is 10.1. The maximum absolute atomic E-state index is 11.2. The number of nitrogens with two attached hydrogens (primary N) is 1. The molecule has 0 bridgehead atoms. The van der Waals surface area contributed by atoms with Gasteiger partial charge in [-0.1, -0.05) is 6.07 Å². The van der Waals surface area contributed by atoms with Crippen LogP contribution in [-0.4, -0.2) is 30.3 Å². The molecule has 0 saturated carbocycles. The van der Waals surface area contributed by atoms with E-state index in [1.807, 2.05) is 6.07 Å². The van der Waals surface area contributed by atoms with Crippen molar-refractivity contribution < 1.29 is 19.4 Å². The number of phenols is 1. The Morgan fingerprint density at radius 3 is 3.00 bits per heavy atom. The largest absolute Gasteiger partial charge is 0.504 e. The Bertz CT molecular complexity index is 487. The number of phenolic OH excluding ortho intramolecular Hbond substituents is 1. The van der Waals surface area contributed by atoms with Crippen LogP contribution in [0.25, 0.3) is 0 Å². The summed E-state index contributed by atoms with van der Waals surface area (Å²) < 4.78 is 10.5. The summed E-state index contributed by atoms with van der Waals surface area (Å²) in [7, 11) is 0. The van der Waals surface area contributed by atoms with Crippen molar-refractivity contribution in [3.05, 3.63) is 23.3 Å². The number of hydrogen-bond acceptors (Lipinski definition) is 5. The topological polar surface area (TPSA) is 81.8 Å². The molecule has 0 amide bonds. The highest BCUT2D eigenvalue weighted by Crippen LogP contribution is 2.37. The second-order valence-corrected chi connectivity index (χ2v) is 4.98. The van der Waals surface area contributed by atoms with E-state index in [0.717, 1.165) is 24.0 Å². The Kier molecular flexibility index (Phi) is 4.84. The molecule has 0 fully saturated rings. The standard InChI is InChI=1S/C15H21NO4/c1-2-19-14(18)4-3-7-20-15-12-9-11(16)8-10(12)5-6-13(15)17/h5-6,11,17H,2-4,7-9,16H2,1H3. The van der Waals surface area contributed by atoms with Gasteiger partial charge in [-0.25, -0.2) is 0 Å². The van der Waals surface area contributed by atoms with Gasteiger partial charge < -0.3 is 20.3 Å². The molecule has 1 aromatic rings. The van der Waals surface area contributed by atoms with E-state index in [0.29, 0.717) is 31.8 Å². The van der Waals surface area contributed by atoms with Crippen molar-refractivity contribution in [1.82, 2.24) is 0 Å². The van der Waals surface area contributed by atoms with Gasteiger partial charge in [0.25, 0.3) is 0 Å². The van der Waals surface area contributed by atoms with Crippen molar-refractivity contribution in [2.45, 2.75) is 38.6 Å². The maximum atomic E-state index is 11.2. The van der Waals surface area contributed by atoms with E-state index in [9.17, 15) is 9.90 Å². The normalized spacial score (nSPS) is 16.8. The van der Waals surface area contributed by atoms with Crippen LogP contribution in [0.5, 0.6) is 11.5 Å². The highest BCUT2D eigenvalue weighted by Gasteiger charge is 2.24. The number of esters is 1. The molecular formula is C15H21NO4. The Morgan fingerprint density at radius 1 is 1.45 bits per heavy atom. The lowest BCUT2D eigenvalue weighted by molar-refractivity contribution is -0.143. The first kappa shape index (κ1) is 14.7. The van der Waals surface area contributed by atoms with E-state index in [2.05, 4.69) is 0 Å². The maximum Gasteiger partial charge on any atom is 0.305 e. The second kappa shape index (κ2) is 6.61. The van der Waals surface area contributed by atoms with Crippen molar-refractivity contribution in [2.24, 2.45) is 5.73 Å². The molecule has 1 aliphatic carbocycles. The van der Waals surface area contributed by atoms with Gasteiger partial charge in [-0.05, 0) is 37.8 Å². The zero-order valence-electron chi connectivity index (χ0n) is 11.7. The molecule has 110 valence electrons. The number of fused-ring (bicyclic) bond motifs is 1. The van der Waals surface area contributed by atoms with Crippen molar-refractivity contribution in [3.8, 4) is 11.5 Å². The first-order valence-electron chi connectivity index (χ1n) is 6.99. The van der Waals surface area contributed by atoms with Crippen LogP contribution in [0, 0.1) is 0 Å². The zero-order chi connectivity index (χ0) is 14.5. The fourth-order valence-electron chi connectivity index (χ4n) is 2.47. The minimum Gasteiger partial charge on any atom is -0.504 e. The zero-order valence-corrected chi connectivity index (χ0v) is 11.7. The minimum atomic E-state index is -0.222. The summed E-state index contributed by atoms with van der Waals surface area (Å²) in [6.07, 6.45) is 2.42. The molecule has 1 aromatic carbocycles. The molecule has 0 heterocycles. The highest BCUT2D eigenvalue weighted by molar-refractivity contribution is 5.69. The van der Waals surface area contributed by atoms with Gasteiger partial charge in [0.05, 0.1) is 13.2 Å². The lowest BCUT2D eigenvalue weighted by Gasteiger charge is -2.12. The number of rotatable bonds is 6. The average Bonchev–Trinajstić information content (AvgIpc) is 2.77. The van der Waals surface area contributed by atoms with Crippen LogP contribution in [0.1, 0.15) is 30.9 Å². The highest BCUT2D eigenvalue weighted by atomic mass is 16.5. The fraction of sp³-hybridized carbons (Fsp3) is 0.533. The third-order valence-electron chi connectivity index (χ3n) is 3.36. The molecule has 1 atom stereocenters. The van der Waals surface area contributed by atoms with E-state index in [1.54, 1.807) is 13.0 Å². The first-order valence-corrected chi connectivity index (χ1v) is 6.99. The molecule has 1 unspecified atom stereocenters. The Labute approximate surface area is 118 Å². The molecule has 0 aliphatic heterocycles. The second-order valence-electron chi connectivity index (χ2n) is 4.98. The van der Waals surface area contributed by atoms with Gasteiger partial charge in [-0.3, -0.25) is 4.79 Å². The van der Waals surface area contributed by atoms with E-state index >= 15 is 0 Å². The molecule has 0 radical (unpaired) electrons. The van der Waals surface area contributed by atoms with Gasteiger partial charge in [-0.15, -0.1) is 0 Å². The predicted molar refractivity (Wildman–Crippen MR) is 74.9 cm³/mol. The molecule has 2 rings (SSSR count). The summed E-state index contributed by atoms with van der Waals surface area (Å²) in [5.41, 5.74) is 8.06. The van der Waals surface area contributed by atoms with Crippen molar-refractivity contribution in [1.29, 1.82) is 0 Å². The molecule has 0 spiro atoms. The van der Waals surface area contributed by atoms with Crippen LogP contribution in [0.4, 0.5) is 0 Å². The van der Waals surface area contributed by atoms with Crippen molar-refractivity contribution in [2.75, 3.05) is 13.2 Å². The third-order valence-corrected chi connectivity index (χ3v) is 3.36. The van der Waals surface area contributed by atoms with Gasteiger partial charge in [0.1, 0.15) is 0 Å². The first-order chi connectivity index (χ1) is 9.61. The Hall–Kier alpha value is -1.75.